The largest absolute Gasteiger partial charge is 0.544 e. The summed E-state index contributed by atoms with van der Waals surface area (Å²) in [4.78, 5) is 15.9. The third-order valence-corrected chi connectivity index (χ3v) is 2.49. The second kappa shape index (κ2) is 4.48. The zero-order chi connectivity index (χ0) is 13.3. The molecule has 0 unspecified atom stereocenters. The Morgan fingerprint density at radius 1 is 1.39 bits per heavy atom. The van der Waals surface area contributed by atoms with Gasteiger partial charge in [-0.05, 0) is 38.5 Å². The van der Waals surface area contributed by atoms with Crippen molar-refractivity contribution < 1.29 is 19.3 Å². The molecule has 0 spiro atoms. The van der Waals surface area contributed by atoms with E-state index in [2.05, 4.69) is 19.7 Å². The summed E-state index contributed by atoms with van der Waals surface area (Å²) >= 11 is 0. The molecule has 0 saturated carbocycles. The SMILES string of the molecule is CC1=NOC(=O)/C1=C\C(C)=C\c1c(C)noc1[O-]. The van der Waals surface area contributed by atoms with Crippen molar-refractivity contribution >= 4 is 17.8 Å². The molecule has 0 amide bonds. The van der Waals surface area contributed by atoms with Crippen LogP contribution in [0.1, 0.15) is 25.1 Å². The Labute approximate surface area is 103 Å². The van der Waals surface area contributed by atoms with E-state index >= 15 is 0 Å². The molecule has 1 aromatic rings. The van der Waals surface area contributed by atoms with Crippen LogP contribution in [-0.4, -0.2) is 16.8 Å². The van der Waals surface area contributed by atoms with Crippen LogP contribution in [0, 0.1) is 6.92 Å². The van der Waals surface area contributed by atoms with Crippen LogP contribution in [0.3, 0.4) is 0 Å². The number of hydrogen-bond acceptors (Lipinski definition) is 6. The van der Waals surface area contributed by atoms with Gasteiger partial charge in [0.05, 0.1) is 22.9 Å². The summed E-state index contributed by atoms with van der Waals surface area (Å²) in [6.07, 6.45) is 3.22. The van der Waals surface area contributed by atoms with Gasteiger partial charge in [0.1, 0.15) is 0 Å². The average Bonchev–Trinajstić information content (AvgIpc) is 2.79. The molecule has 94 valence electrons. The van der Waals surface area contributed by atoms with E-state index in [1.54, 1.807) is 32.9 Å². The first-order chi connectivity index (χ1) is 8.49. The summed E-state index contributed by atoms with van der Waals surface area (Å²) in [5.74, 6) is -0.991. The fourth-order valence-electron chi connectivity index (χ4n) is 1.54. The zero-order valence-corrected chi connectivity index (χ0v) is 10.2. The molecule has 1 aliphatic heterocycles. The van der Waals surface area contributed by atoms with Crippen molar-refractivity contribution in [2.75, 3.05) is 0 Å². The number of rotatable bonds is 2. The Bertz CT molecular complexity index is 574. The maximum atomic E-state index is 11.3. The standard InChI is InChI=1S/C12H12N2O4/c1-6(4-9-7(2)13-17-11(9)15)5-10-8(3)14-18-12(10)16/h4-5,15H,1-3H3/p-1/b6-4+,10-5-. The van der Waals surface area contributed by atoms with E-state index in [9.17, 15) is 9.90 Å². The first-order valence-electron chi connectivity index (χ1n) is 5.28. The maximum absolute atomic E-state index is 11.3. The van der Waals surface area contributed by atoms with Crippen LogP contribution < -0.4 is 5.11 Å². The van der Waals surface area contributed by atoms with Crippen molar-refractivity contribution in [1.82, 2.24) is 5.16 Å². The second-order valence-electron chi connectivity index (χ2n) is 3.97. The summed E-state index contributed by atoms with van der Waals surface area (Å²) in [6.45, 7) is 5.11. The van der Waals surface area contributed by atoms with Gasteiger partial charge in [0, 0.05) is 5.56 Å². The highest BCUT2D eigenvalue weighted by molar-refractivity contribution is 6.21. The molecule has 2 rings (SSSR count). The number of nitrogens with zero attached hydrogens (tertiary/aromatic N) is 2. The Hall–Kier alpha value is -2.37. The maximum Gasteiger partial charge on any atom is 0.367 e. The molecule has 18 heavy (non-hydrogen) atoms. The van der Waals surface area contributed by atoms with Crippen LogP contribution in [0.2, 0.25) is 0 Å². The lowest BCUT2D eigenvalue weighted by molar-refractivity contribution is -0.297. The summed E-state index contributed by atoms with van der Waals surface area (Å²) in [5, 5.41) is 18.5. The summed E-state index contributed by atoms with van der Waals surface area (Å²) in [6, 6.07) is 0. The topological polar surface area (TPSA) is 87.8 Å². The molecule has 2 heterocycles. The van der Waals surface area contributed by atoms with Crippen molar-refractivity contribution in [3.8, 4) is 5.95 Å². The monoisotopic (exact) mass is 247 g/mol. The van der Waals surface area contributed by atoms with Gasteiger partial charge in [0.15, 0.2) is 0 Å². The number of aryl methyl sites for hydroxylation is 1. The summed E-state index contributed by atoms with van der Waals surface area (Å²) in [7, 11) is 0. The third-order valence-electron chi connectivity index (χ3n) is 2.49. The van der Waals surface area contributed by atoms with E-state index in [1.165, 1.54) is 0 Å². The van der Waals surface area contributed by atoms with Gasteiger partial charge < -0.3 is 14.5 Å². The fourth-order valence-corrected chi connectivity index (χ4v) is 1.54. The van der Waals surface area contributed by atoms with Gasteiger partial charge in [0.25, 0.3) is 0 Å². The molecule has 0 aliphatic carbocycles. The lowest BCUT2D eigenvalue weighted by atomic mass is 10.1. The van der Waals surface area contributed by atoms with Crippen LogP contribution >= 0.6 is 0 Å². The molecule has 6 nitrogen and oxygen atoms in total. The lowest BCUT2D eigenvalue weighted by Crippen LogP contribution is -2.02. The van der Waals surface area contributed by atoms with Gasteiger partial charge in [-0.3, -0.25) is 0 Å². The highest BCUT2D eigenvalue weighted by Crippen LogP contribution is 2.22. The molecule has 1 aliphatic rings. The molecule has 0 radical (unpaired) electrons. The van der Waals surface area contributed by atoms with E-state index in [1.807, 2.05) is 0 Å². The highest BCUT2D eigenvalue weighted by atomic mass is 16.7. The van der Waals surface area contributed by atoms with Crippen molar-refractivity contribution in [1.29, 1.82) is 0 Å². The van der Waals surface area contributed by atoms with Gasteiger partial charge in [-0.15, -0.1) is 0 Å². The van der Waals surface area contributed by atoms with E-state index in [0.717, 1.165) is 0 Å². The molecule has 0 N–H and O–H groups in total. The molecule has 0 aromatic carbocycles. The number of aromatic nitrogens is 1. The van der Waals surface area contributed by atoms with Crippen molar-refractivity contribution in [3.63, 3.8) is 0 Å². The molecule has 0 saturated heterocycles. The van der Waals surface area contributed by atoms with E-state index < -0.39 is 11.9 Å². The van der Waals surface area contributed by atoms with E-state index in [-0.39, 0.29) is 0 Å². The van der Waals surface area contributed by atoms with E-state index in [0.29, 0.717) is 28.1 Å². The molecular weight excluding hydrogens is 236 g/mol. The van der Waals surface area contributed by atoms with Crippen LogP contribution in [0.25, 0.3) is 6.08 Å². The van der Waals surface area contributed by atoms with Crippen LogP contribution in [0.4, 0.5) is 0 Å². The fraction of sp³-hybridized carbons (Fsp3) is 0.250. The predicted molar refractivity (Wildman–Crippen MR) is 61.6 cm³/mol. The lowest BCUT2D eigenvalue weighted by Gasteiger charge is -1.99. The Kier molecular flexibility index (Phi) is 3.01. The number of carbonyl (C=O) groups is 1. The number of allylic oxidation sites excluding steroid dienone is 2. The molecule has 6 heteroatoms. The minimum atomic E-state index is -0.496. The van der Waals surface area contributed by atoms with Crippen molar-refractivity contribution in [3.05, 3.63) is 28.5 Å². The quantitative estimate of drug-likeness (QED) is 0.581. The van der Waals surface area contributed by atoms with Crippen LogP contribution in [-0.2, 0) is 9.63 Å². The van der Waals surface area contributed by atoms with Gasteiger partial charge in [-0.2, -0.15) is 5.16 Å². The predicted octanol–water partition coefficient (Wildman–Crippen LogP) is 1.32. The molecule has 0 fully saturated rings. The minimum absolute atomic E-state index is 0.380. The molecule has 1 aromatic heterocycles. The first kappa shape index (κ1) is 12.1. The van der Waals surface area contributed by atoms with Crippen molar-refractivity contribution in [2.24, 2.45) is 5.16 Å². The Morgan fingerprint density at radius 3 is 2.61 bits per heavy atom. The highest BCUT2D eigenvalue weighted by Gasteiger charge is 2.21. The third kappa shape index (κ3) is 2.17. The average molecular weight is 247 g/mol. The second-order valence-corrected chi connectivity index (χ2v) is 3.97. The van der Waals surface area contributed by atoms with E-state index in [4.69, 9.17) is 0 Å². The van der Waals surface area contributed by atoms with Gasteiger partial charge in [-0.25, -0.2) is 4.79 Å². The summed E-state index contributed by atoms with van der Waals surface area (Å²) in [5.41, 5.74) is 2.49. The first-order valence-corrected chi connectivity index (χ1v) is 5.28. The normalized spacial score (nSPS) is 18.2. The smallest absolute Gasteiger partial charge is 0.367 e. The molecule has 0 atom stereocenters. The zero-order valence-electron chi connectivity index (χ0n) is 10.2. The Balaban J connectivity index is 2.33. The van der Waals surface area contributed by atoms with Gasteiger partial charge >= 0.3 is 5.97 Å². The summed E-state index contributed by atoms with van der Waals surface area (Å²) < 4.78 is 4.52. The Morgan fingerprint density at radius 2 is 2.11 bits per heavy atom. The van der Waals surface area contributed by atoms with Gasteiger partial charge in [-0.1, -0.05) is 5.16 Å². The number of oxime groups is 1. The van der Waals surface area contributed by atoms with Crippen LogP contribution in [0.5, 0.6) is 5.95 Å². The number of carbonyl (C=O) groups excluding carboxylic acids is 1. The van der Waals surface area contributed by atoms with Gasteiger partial charge in [0.2, 0.25) is 0 Å². The van der Waals surface area contributed by atoms with Crippen LogP contribution in [0.15, 0.2) is 26.9 Å². The molecule has 0 bridgehead atoms. The molecular formula is C12H11N2O4-. The van der Waals surface area contributed by atoms with Crippen molar-refractivity contribution in [2.45, 2.75) is 20.8 Å². The number of hydrogen-bond donors (Lipinski definition) is 0. The minimum Gasteiger partial charge on any atom is -0.544 e.